The molecular weight excluding hydrogens is 421 g/mol. The molecule has 0 aliphatic carbocycles. The van der Waals surface area contributed by atoms with E-state index in [0.717, 1.165) is 24.3 Å². The molecule has 0 saturated carbocycles. The first kappa shape index (κ1) is 23.0. The first-order chi connectivity index (χ1) is 15.2. The summed E-state index contributed by atoms with van der Waals surface area (Å²) >= 11 is 0. The number of nitrogens with one attached hydrogen (secondary N) is 1. The van der Waals surface area contributed by atoms with Crippen LogP contribution < -0.4 is 11.1 Å². The number of aliphatic hydroxyl groups excluding tert-OH is 1. The van der Waals surface area contributed by atoms with E-state index in [1.807, 2.05) is 0 Å². The Kier molecular flexibility index (Phi) is 6.95. The van der Waals surface area contributed by atoms with Crippen LogP contribution in [0, 0.1) is 0 Å². The number of primary amides is 1. The predicted octanol–water partition coefficient (Wildman–Crippen LogP) is 3.54. The van der Waals surface area contributed by atoms with Crippen molar-refractivity contribution in [3.63, 3.8) is 0 Å². The zero-order chi connectivity index (χ0) is 23.3. The maximum absolute atomic E-state index is 12.8. The number of halogens is 3. The largest absolute Gasteiger partial charge is 0.416 e. The Bertz CT molecular complexity index is 1020. The third-order valence-corrected chi connectivity index (χ3v) is 5.06. The second kappa shape index (κ2) is 9.65. The number of carbonyl (C=O) groups is 2. The molecule has 0 saturated heterocycles. The van der Waals surface area contributed by atoms with Gasteiger partial charge in [-0.1, -0.05) is 72.8 Å². The molecule has 2 atom stereocenters. The Morgan fingerprint density at radius 1 is 0.781 bits per heavy atom. The molecule has 5 nitrogen and oxygen atoms in total. The SMILES string of the molecule is NC(=O)[C@H](NC(=O)[C@H](O)c1ccc(C(F)(F)F)cc1)C(c1ccccc1)c1ccccc1. The molecule has 0 aliphatic heterocycles. The van der Waals surface area contributed by atoms with Gasteiger partial charge >= 0.3 is 6.18 Å². The summed E-state index contributed by atoms with van der Waals surface area (Å²) in [5.41, 5.74) is 6.08. The van der Waals surface area contributed by atoms with E-state index in [4.69, 9.17) is 5.73 Å². The van der Waals surface area contributed by atoms with Crippen LogP contribution in [0.3, 0.4) is 0 Å². The molecule has 0 unspecified atom stereocenters. The molecule has 0 spiro atoms. The molecule has 0 radical (unpaired) electrons. The number of alkyl halides is 3. The second-order valence-electron chi connectivity index (χ2n) is 7.21. The van der Waals surface area contributed by atoms with Gasteiger partial charge in [0.05, 0.1) is 5.56 Å². The molecule has 3 rings (SSSR count). The number of nitrogens with two attached hydrogens (primary N) is 1. The van der Waals surface area contributed by atoms with E-state index in [-0.39, 0.29) is 5.56 Å². The molecule has 0 aromatic heterocycles. The quantitative estimate of drug-likeness (QED) is 0.523. The molecular formula is C24H21F3N2O3. The summed E-state index contributed by atoms with van der Waals surface area (Å²) in [5, 5.41) is 12.9. The van der Waals surface area contributed by atoms with Gasteiger partial charge in [-0.25, -0.2) is 0 Å². The highest BCUT2D eigenvalue weighted by molar-refractivity contribution is 5.90. The highest BCUT2D eigenvalue weighted by Crippen LogP contribution is 2.31. The summed E-state index contributed by atoms with van der Waals surface area (Å²) in [6, 6.07) is 20.2. The van der Waals surface area contributed by atoms with E-state index in [0.29, 0.717) is 11.1 Å². The van der Waals surface area contributed by atoms with Gasteiger partial charge < -0.3 is 16.2 Å². The Hall–Kier alpha value is -3.65. The Labute approximate surface area is 182 Å². The Morgan fingerprint density at radius 2 is 1.25 bits per heavy atom. The molecule has 4 N–H and O–H groups in total. The minimum absolute atomic E-state index is 0.0466. The van der Waals surface area contributed by atoms with Crippen molar-refractivity contribution in [2.45, 2.75) is 24.2 Å². The summed E-state index contributed by atoms with van der Waals surface area (Å²) in [4.78, 5) is 25.1. The number of carbonyl (C=O) groups excluding carboxylic acids is 2. The first-order valence-electron chi connectivity index (χ1n) is 9.73. The fourth-order valence-corrected chi connectivity index (χ4v) is 3.45. The van der Waals surface area contributed by atoms with Crippen LogP contribution in [0.2, 0.25) is 0 Å². The lowest BCUT2D eigenvalue weighted by Crippen LogP contribution is -2.49. The summed E-state index contributed by atoms with van der Waals surface area (Å²) in [6.45, 7) is 0. The summed E-state index contributed by atoms with van der Waals surface area (Å²) < 4.78 is 38.3. The fraction of sp³-hybridized carbons (Fsp3) is 0.167. The highest BCUT2D eigenvalue weighted by Gasteiger charge is 2.34. The van der Waals surface area contributed by atoms with Crippen LogP contribution >= 0.6 is 0 Å². The zero-order valence-corrected chi connectivity index (χ0v) is 16.8. The van der Waals surface area contributed by atoms with E-state index < -0.39 is 41.6 Å². The van der Waals surface area contributed by atoms with E-state index in [9.17, 15) is 27.9 Å². The number of aliphatic hydroxyl groups is 1. The average molecular weight is 442 g/mol. The lowest BCUT2D eigenvalue weighted by molar-refractivity contribution is -0.137. The van der Waals surface area contributed by atoms with Gasteiger partial charge in [0.15, 0.2) is 6.10 Å². The summed E-state index contributed by atoms with van der Waals surface area (Å²) in [7, 11) is 0. The molecule has 166 valence electrons. The van der Waals surface area contributed by atoms with Crippen molar-refractivity contribution in [2.75, 3.05) is 0 Å². The van der Waals surface area contributed by atoms with Crippen LogP contribution in [-0.2, 0) is 15.8 Å². The number of rotatable bonds is 7. The van der Waals surface area contributed by atoms with Crippen molar-refractivity contribution in [1.82, 2.24) is 5.32 Å². The van der Waals surface area contributed by atoms with Crippen LogP contribution in [0.5, 0.6) is 0 Å². The Balaban J connectivity index is 1.88. The number of benzene rings is 3. The van der Waals surface area contributed by atoms with Gasteiger partial charge in [-0.05, 0) is 28.8 Å². The second-order valence-corrected chi connectivity index (χ2v) is 7.21. The number of hydrogen-bond donors (Lipinski definition) is 3. The fourth-order valence-electron chi connectivity index (χ4n) is 3.45. The molecule has 0 bridgehead atoms. The van der Waals surface area contributed by atoms with Crippen molar-refractivity contribution in [3.05, 3.63) is 107 Å². The summed E-state index contributed by atoms with van der Waals surface area (Å²) in [5.74, 6) is -2.42. The van der Waals surface area contributed by atoms with Gasteiger partial charge in [-0.15, -0.1) is 0 Å². The van der Waals surface area contributed by atoms with Gasteiger partial charge in [0.25, 0.3) is 5.91 Å². The van der Waals surface area contributed by atoms with Gasteiger partial charge in [0, 0.05) is 5.92 Å². The normalized spacial score (nSPS) is 13.4. The average Bonchev–Trinajstić information content (AvgIpc) is 2.79. The van der Waals surface area contributed by atoms with Crippen LogP contribution in [0.4, 0.5) is 13.2 Å². The van der Waals surface area contributed by atoms with Gasteiger partial charge in [0.1, 0.15) is 6.04 Å². The van der Waals surface area contributed by atoms with Crippen molar-refractivity contribution < 1.29 is 27.9 Å². The van der Waals surface area contributed by atoms with E-state index in [1.165, 1.54) is 0 Å². The van der Waals surface area contributed by atoms with Gasteiger partial charge in [-0.3, -0.25) is 9.59 Å². The van der Waals surface area contributed by atoms with Crippen LogP contribution in [0.1, 0.15) is 34.3 Å². The third kappa shape index (κ3) is 5.33. The smallest absolute Gasteiger partial charge is 0.378 e. The molecule has 8 heteroatoms. The minimum Gasteiger partial charge on any atom is -0.378 e. The van der Waals surface area contributed by atoms with Crippen molar-refractivity contribution in [1.29, 1.82) is 0 Å². The van der Waals surface area contributed by atoms with E-state index >= 15 is 0 Å². The van der Waals surface area contributed by atoms with Crippen LogP contribution in [0.15, 0.2) is 84.9 Å². The first-order valence-corrected chi connectivity index (χ1v) is 9.73. The van der Waals surface area contributed by atoms with Crippen LogP contribution in [-0.4, -0.2) is 23.0 Å². The van der Waals surface area contributed by atoms with Gasteiger partial charge in [0.2, 0.25) is 5.91 Å². The maximum Gasteiger partial charge on any atom is 0.416 e. The van der Waals surface area contributed by atoms with Crippen LogP contribution in [0.25, 0.3) is 0 Å². The zero-order valence-electron chi connectivity index (χ0n) is 16.8. The Morgan fingerprint density at radius 3 is 1.66 bits per heavy atom. The lowest BCUT2D eigenvalue weighted by Gasteiger charge is -2.27. The summed E-state index contributed by atoms with van der Waals surface area (Å²) in [6.07, 6.45) is -6.33. The molecule has 2 amide bonds. The minimum atomic E-state index is -4.54. The number of hydrogen-bond acceptors (Lipinski definition) is 3. The third-order valence-electron chi connectivity index (χ3n) is 5.06. The molecule has 0 aliphatic rings. The monoisotopic (exact) mass is 442 g/mol. The molecule has 3 aromatic carbocycles. The molecule has 0 heterocycles. The van der Waals surface area contributed by atoms with E-state index in [2.05, 4.69) is 5.32 Å². The van der Waals surface area contributed by atoms with Crippen molar-refractivity contribution in [3.8, 4) is 0 Å². The number of amides is 2. The topological polar surface area (TPSA) is 92.4 Å². The van der Waals surface area contributed by atoms with E-state index in [1.54, 1.807) is 60.7 Å². The van der Waals surface area contributed by atoms with Gasteiger partial charge in [-0.2, -0.15) is 13.2 Å². The standard InChI is InChI=1S/C24H21F3N2O3/c25-24(26,27)18-13-11-17(12-14-18)21(30)23(32)29-20(22(28)31)19(15-7-3-1-4-8-15)16-9-5-2-6-10-16/h1-14,19-21,30H,(H2,28,31)(H,29,32)/t20-,21-/m1/s1. The molecule has 32 heavy (non-hydrogen) atoms. The predicted molar refractivity (Wildman–Crippen MR) is 112 cm³/mol. The molecule has 0 fully saturated rings. The van der Waals surface area contributed by atoms with Crippen molar-refractivity contribution in [2.24, 2.45) is 5.73 Å². The lowest BCUT2D eigenvalue weighted by atomic mass is 9.84. The molecule has 3 aromatic rings. The highest BCUT2D eigenvalue weighted by atomic mass is 19.4. The van der Waals surface area contributed by atoms with Crippen molar-refractivity contribution >= 4 is 11.8 Å². The maximum atomic E-state index is 12.8.